The Bertz CT molecular complexity index is 938. The molecule has 2 amide bonds. The van der Waals surface area contributed by atoms with E-state index < -0.39 is 0 Å². The average Bonchev–Trinajstić information content (AvgIpc) is 3.33. The second-order valence-electron chi connectivity index (χ2n) is 10.2. The third kappa shape index (κ3) is 3.78. The molecule has 5 rings (SSSR count). The third-order valence-electron chi connectivity index (χ3n) is 8.46. The Balaban J connectivity index is 1.18. The van der Waals surface area contributed by atoms with Gasteiger partial charge in [-0.1, -0.05) is 18.2 Å². The van der Waals surface area contributed by atoms with Crippen LogP contribution in [0.5, 0.6) is 11.5 Å². The van der Waals surface area contributed by atoms with Crippen LogP contribution in [0.25, 0.3) is 0 Å². The molecular formula is C26H34N2O4. The minimum atomic E-state index is -0.388. The molecule has 2 N–H and O–H groups in total. The van der Waals surface area contributed by atoms with E-state index in [2.05, 4.69) is 22.8 Å². The van der Waals surface area contributed by atoms with Crippen molar-refractivity contribution < 1.29 is 19.1 Å². The van der Waals surface area contributed by atoms with Crippen molar-refractivity contribution in [2.75, 3.05) is 20.8 Å². The molecule has 2 bridgehead atoms. The maximum absolute atomic E-state index is 12.7. The van der Waals surface area contributed by atoms with Gasteiger partial charge in [0.25, 0.3) is 0 Å². The predicted octanol–water partition coefficient (Wildman–Crippen LogP) is 3.39. The van der Waals surface area contributed by atoms with Crippen LogP contribution in [0, 0.1) is 23.2 Å². The molecular weight excluding hydrogens is 404 g/mol. The Morgan fingerprint density at radius 3 is 2.62 bits per heavy atom. The van der Waals surface area contributed by atoms with E-state index in [1.54, 1.807) is 14.2 Å². The quantitative estimate of drug-likeness (QED) is 0.580. The van der Waals surface area contributed by atoms with Gasteiger partial charge in [-0.05, 0) is 79.4 Å². The number of methoxy groups -OCH3 is 2. The Morgan fingerprint density at radius 2 is 1.97 bits per heavy atom. The second kappa shape index (κ2) is 8.13. The van der Waals surface area contributed by atoms with E-state index in [9.17, 15) is 9.59 Å². The summed E-state index contributed by atoms with van der Waals surface area (Å²) in [6.07, 6.45) is 11.8. The molecule has 1 saturated heterocycles. The summed E-state index contributed by atoms with van der Waals surface area (Å²) in [6, 6.07) is 5.85. The van der Waals surface area contributed by atoms with Crippen molar-refractivity contribution in [1.29, 1.82) is 0 Å². The summed E-state index contributed by atoms with van der Waals surface area (Å²) in [5.41, 5.74) is 1.24. The van der Waals surface area contributed by atoms with Crippen LogP contribution < -0.4 is 20.1 Å². The van der Waals surface area contributed by atoms with Crippen molar-refractivity contribution in [1.82, 2.24) is 10.6 Å². The first kappa shape index (κ1) is 21.4. The smallest absolute Gasteiger partial charge is 0.220 e. The van der Waals surface area contributed by atoms with Gasteiger partial charge in [-0.15, -0.1) is 0 Å². The molecule has 32 heavy (non-hydrogen) atoms. The molecule has 1 aromatic rings. The molecule has 6 nitrogen and oxygen atoms in total. The number of allylic oxidation sites excluding steroid dienone is 2. The van der Waals surface area contributed by atoms with Crippen molar-refractivity contribution in [3.05, 3.63) is 35.9 Å². The van der Waals surface area contributed by atoms with Gasteiger partial charge in [0.15, 0.2) is 11.5 Å². The fourth-order valence-electron chi connectivity index (χ4n) is 6.61. The average molecular weight is 439 g/mol. The summed E-state index contributed by atoms with van der Waals surface area (Å²) in [4.78, 5) is 24.8. The molecule has 4 aliphatic rings. The van der Waals surface area contributed by atoms with Crippen LogP contribution in [0.1, 0.15) is 50.5 Å². The second-order valence-corrected chi connectivity index (χ2v) is 10.2. The highest BCUT2D eigenvalue weighted by molar-refractivity contribution is 5.80. The molecule has 4 atom stereocenters. The first-order chi connectivity index (χ1) is 15.5. The minimum absolute atomic E-state index is 0.0642. The van der Waals surface area contributed by atoms with E-state index >= 15 is 0 Å². The fourth-order valence-corrected chi connectivity index (χ4v) is 6.61. The monoisotopic (exact) mass is 438 g/mol. The van der Waals surface area contributed by atoms with Gasteiger partial charge in [0.05, 0.1) is 14.2 Å². The number of hydrogen-bond donors (Lipinski definition) is 2. The van der Waals surface area contributed by atoms with Crippen molar-refractivity contribution in [3.63, 3.8) is 0 Å². The molecule has 2 saturated carbocycles. The molecule has 1 spiro atoms. The van der Waals surface area contributed by atoms with Crippen molar-refractivity contribution >= 4 is 11.8 Å². The lowest BCUT2D eigenvalue weighted by atomic mass is 9.84. The molecule has 1 aromatic carbocycles. The highest BCUT2D eigenvalue weighted by atomic mass is 16.5. The maximum atomic E-state index is 12.7. The number of ether oxygens (including phenoxy) is 2. The summed E-state index contributed by atoms with van der Waals surface area (Å²) in [6.45, 7) is 0.779. The lowest BCUT2D eigenvalue weighted by molar-refractivity contribution is -0.123. The van der Waals surface area contributed by atoms with Crippen LogP contribution in [0.15, 0.2) is 30.4 Å². The first-order valence-electron chi connectivity index (χ1n) is 11.9. The molecule has 0 aromatic heterocycles. The Kier molecular flexibility index (Phi) is 5.42. The van der Waals surface area contributed by atoms with Gasteiger partial charge >= 0.3 is 0 Å². The number of benzene rings is 1. The van der Waals surface area contributed by atoms with Crippen LogP contribution in [0.2, 0.25) is 0 Å². The number of rotatable bonds is 9. The van der Waals surface area contributed by atoms with Gasteiger partial charge in [0.2, 0.25) is 11.8 Å². The van der Waals surface area contributed by atoms with Gasteiger partial charge < -0.3 is 20.1 Å². The van der Waals surface area contributed by atoms with Crippen LogP contribution in [-0.4, -0.2) is 38.1 Å². The number of carbonyl (C=O) groups excluding carboxylic acids is 2. The number of nitrogens with one attached hydrogen (secondary N) is 2. The van der Waals surface area contributed by atoms with Crippen LogP contribution in [0.3, 0.4) is 0 Å². The number of amides is 2. The SMILES string of the molecule is COc1ccc(C[C@]2(CCC(=O)NC[C@H]3C[C@H]4C=C[C@H]3C43CC3)CCC(=O)N2)cc1OC. The topological polar surface area (TPSA) is 76.7 Å². The predicted molar refractivity (Wildman–Crippen MR) is 121 cm³/mol. The zero-order chi connectivity index (χ0) is 22.3. The summed E-state index contributed by atoms with van der Waals surface area (Å²) in [5.74, 6) is 3.51. The van der Waals surface area contributed by atoms with E-state index in [-0.39, 0.29) is 17.4 Å². The largest absolute Gasteiger partial charge is 0.493 e. The van der Waals surface area contributed by atoms with E-state index in [0.29, 0.717) is 54.4 Å². The highest BCUT2D eigenvalue weighted by Gasteiger charge is 2.62. The fraction of sp³-hybridized carbons (Fsp3) is 0.615. The maximum Gasteiger partial charge on any atom is 0.220 e. The summed E-state index contributed by atoms with van der Waals surface area (Å²) >= 11 is 0. The number of carbonyl (C=O) groups is 2. The molecule has 1 aliphatic heterocycles. The minimum Gasteiger partial charge on any atom is -0.493 e. The van der Waals surface area contributed by atoms with E-state index in [1.807, 2.05) is 18.2 Å². The van der Waals surface area contributed by atoms with Gasteiger partial charge in [-0.2, -0.15) is 0 Å². The van der Waals surface area contributed by atoms with Crippen LogP contribution in [0.4, 0.5) is 0 Å². The molecule has 6 heteroatoms. The highest BCUT2D eigenvalue weighted by Crippen LogP contribution is 2.69. The summed E-state index contributed by atoms with van der Waals surface area (Å²) < 4.78 is 10.8. The lowest BCUT2D eigenvalue weighted by Crippen LogP contribution is -2.44. The van der Waals surface area contributed by atoms with Gasteiger partial charge in [0.1, 0.15) is 0 Å². The molecule has 172 valence electrons. The third-order valence-corrected chi connectivity index (χ3v) is 8.46. The normalized spacial score (nSPS) is 31.1. The summed E-state index contributed by atoms with van der Waals surface area (Å²) in [7, 11) is 3.24. The van der Waals surface area contributed by atoms with E-state index in [0.717, 1.165) is 24.4 Å². The zero-order valence-corrected chi connectivity index (χ0v) is 19.1. The molecule has 3 fully saturated rings. The van der Waals surface area contributed by atoms with Crippen molar-refractivity contribution in [2.45, 2.75) is 56.9 Å². The number of hydrogen-bond acceptors (Lipinski definition) is 4. The standard InChI is InChI=1S/C26H34N2O4/c1-31-21-6-3-17(13-22(21)32-2)15-25(10-8-24(30)28-25)9-7-23(29)27-16-18-14-19-4-5-20(18)26(19)11-12-26/h3-6,13,18-20H,7-12,14-16H2,1-2H3,(H,27,29)(H,28,30)/t18-,19-,20-,25+/m1/s1. The molecule has 1 heterocycles. The van der Waals surface area contributed by atoms with Crippen molar-refractivity contribution in [3.8, 4) is 11.5 Å². The Hall–Kier alpha value is -2.50. The molecule has 0 unspecified atom stereocenters. The lowest BCUT2D eigenvalue weighted by Gasteiger charge is -2.30. The van der Waals surface area contributed by atoms with Crippen molar-refractivity contribution in [2.24, 2.45) is 23.2 Å². The Labute approximate surface area is 190 Å². The van der Waals surface area contributed by atoms with E-state index in [1.165, 1.54) is 19.3 Å². The molecule has 0 radical (unpaired) electrons. The zero-order valence-electron chi connectivity index (χ0n) is 19.1. The van der Waals surface area contributed by atoms with Crippen LogP contribution >= 0.6 is 0 Å². The van der Waals surface area contributed by atoms with E-state index in [4.69, 9.17) is 9.47 Å². The van der Waals surface area contributed by atoms with Gasteiger partial charge in [-0.3, -0.25) is 9.59 Å². The Morgan fingerprint density at radius 1 is 1.16 bits per heavy atom. The van der Waals surface area contributed by atoms with Gasteiger partial charge in [0, 0.05) is 24.9 Å². The first-order valence-corrected chi connectivity index (χ1v) is 11.9. The van der Waals surface area contributed by atoms with Gasteiger partial charge in [-0.25, -0.2) is 0 Å². The summed E-state index contributed by atoms with van der Waals surface area (Å²) in [5, 5.41) is 6.38. The van der Waals surface area contributed by atoms with Crippen LogP contribution in [-0.2, 0) is 16.0 Å². The molecule has 3 aliphatic carbocycles.